The van der Waals surface area contributed by atoms with Gasteiger partial charge in [-0.25, -0.2) is 14.0 Å². The number of aliphatic hydroxyl groups excluding tert-OH is 1. The van der Waals surface area contributed by atoms with Gasteiger partial charge in [0, 0.05) is 11.3 Å². The number of methoxy groups -OCH3 is 1. The summed E-state index contributed by atoms with van der Waals surface area (Å²) in [5.41, 5.74) is 4.69. The Morgan fingerprint density at radius 2 is 1.81 bits per heavy atom. The second kappa shape index (κ2) is 16.5. The molecule has 14 heteroatoms. The minimum atomic E-state index is -1.22. The minimum absolute atomic E-state index is 0.0404. The number of carbonyl (C=O) groups is 2. The fourth-order valence-corrected chi connectivity index (χ4v) is 4.92. The van der Waals surface area contributed by atoms with Gasteiger partial charge in [0.25, 0.3) is 0 Å². The van der Waals surface area contributed by atoms with Gasteiger partial charge >= 0.3 is 12.0 Å². The fraction of sp³-hybridized carbons (Fsp3) is 0.303. The van der Waals surface area contributed by atoms with Crippen molar-refractivity contribution in [2.75, 3.05) is 26.9 Å². The van der Waals surface area contributed by atoms with Gasteiger partial charge in [-0.3, -0.25) is 5.43 Å². The summed E-state index contributed by atoms with van der Waals surface area (Å²) in [5, 5.41) is 20.1. The summed E-state index contributed by atoms with van der Waals surface area (Å²) in [6.07, 6.45) is 0.214. The van der Waals surface area contributed by atoms with E-state index in [1.54, 1.807) is 69.3 Å². The second-order valence-electron chi connectivity index (χ2n) is 10.1. The van der Waals surface area contributed by atoms with Crippen molar-refractivity contribution in [3.63, 3.8) is 0 Å². The molecule has 0 aliphatic carbocycles. The number of amides is 2. The van der Waals surface area contributed by atoms with Crippen molar-refractivity contribution in [2.45, 2.75) is 39.6 Å². The van der Waals surface area contributed by atoms with Crippen LogP contribution in [0.5, 0.6) is 23.0 Å². The molecule has 0 unspecified atom stereocenters. The highest BCUT2D eigenvalue weighted by molar-refractivity contribution is 6.32. The zero-order valence-electron chi connectivity index (χ0n) is 26.3. The quantitative estimate of drug-likeness (QED) is 0.0761. The lowest BCUT2D eigenvalue weighted by atomic mass is 9.95. The molecule has 0 radical (unpaired) electrons. The van der Waals surface area contributed by atoms with E-state index >= 15 is 0 Å². The Morgan fingerprint density at radius 3 is 2.53 bits per heavy atom. The lowest BCUT2D eigenvalue weighted by molar-refractivity contribution is -0.136. The SMILES string of the molecule is CCOc1cc([C@@H]2NC(=O)NC(C)=C2C(=O)OC)ccc1OC[C@H](O)N/N=C\c1cc(Cl)c(OCc2ccccc2F)c(OCC)c1. The molecule has 4 rings (SSSR count). The van der Waals surface area contributed by atoms with Crippen LogP contribution in [0.3, 0.4) is 0 Å². The highest BCUT2D eigenvalue weighted by Gasteiger charge is 2.32. The van der Waals surface area contributed by atoms with Crippen LogP contribution < -0.4 is 35.0 Å². The van der Waals surface area contributed by atoms with Crippen LogP contribution in [0.25, 0.3) is 0 Å². The summed E-state index contributed by atoms with van der Waals surface area (Å²) < 4.78 is 42.0. The Kier molecular flexibility index (Phi) is 12.3. The molecule has 0 spiro atoms. The Labute approximate surface area is 276 Å². The van der Waals surface area contributed by atoms with E-state index in [4.69, 9.17) is 35.3 Å². The first kappa shape index (κ1) is 34.9. The first-order valence-corrected chi connectivity index (χ1v) is 15.1. The third-order valence-electron chi connectivity index (χ3n) is 6.77. The third kappa shape index (κ3) is 9.05. The molecular weight excluding hydrogens is 635 g/mol. The number of halogens is 2. The molecule has 1 aliphatic rings. The Morgan fingerprint density at radius 1 is 1.06 bits per heavy atom. The number of hydrogen-bond donors (Lipinski definition) is 4. The van der Waals surface area contributed by atoms with Gasteiger partial charge < -0.3 is 39.4 Å². The predicted octanol–water partition coefficient (Wildman–Crippen LogP) is 4.98. The molecule has 0 bridgehead atoms. The lowest BCUT2D eigenvalue weighted by Crippen LogP contribution is -2.45. The number of hydrazone groups is 1. The van der Waals surface area contributed by atoms with Gasteiger partial charge in [-0.2, -0.15) is 5.10 Å². The van der Waals surface area contributed by atoms with Crippen LogP contribution in [0.4, 0.5) is 9.18 Å². The van der Waals surface area contributed by atoms with Crippen molar-refractivity contribution >= 4 is 29.8 Å². The molecule has 0 fully saturated rings. The van der Waals surface area contributed by atoms with Crippen LogP contribution in [0.1, 0.15) is 43.5 Å². The molecule has 12 nitrogen and oxygen atoms in total. The Balaban J connectivity index is 1.40. The zero-order valence-corrected chi connectivity index (χ0v) is 27.0. The Bertz CT molecular complexity index is 1650. The molecule has 0 saturated heterocycles. The number of esters is 1. The summed E-state index contributed by atoms with van der Waals surface area (Å²) in [7, 11) is 1.26. The molecule has 1 aliphatic heterocycles. The van der Waals surface area contributed by atoms with Crippen LogP contribution in [-0.2, 0) is 16.1 Å². The number of nitrogens with zero attached hydrogens (tertiary/aromatic N) is 1. The smallest absolute Gasteiger partial charge is 0.337 e. The molecular formula is C33H36ClFN4O8. The summed E-state index contributed by atoms with van der Waals surface area (Å²) in [5.74, 6) is 0.293. The maximum Gasteiger partial charge on any atom is 0.337 e. The largest absolute Gasteiger partial charge is 0.490 e. The van der Waals surface area contributed by atoms with E-state index in [1.165, 1.54) is 19.4 Å². The molecule has 2 atom stereocenters. The second-order valence-corrected chi connectivity index (χ2v) is 10.5. The van der Waals surface area contributed by atoms with Gasteiger partial charge in [0.2, 0.25) is 0 Å². The Hall–Kier alpha value is -5.01. The van der Waals surface area contributed by atoms with Gasteiger partial charge in [0.1, 0.15) is 19.0 Å². The van der Waals surface area contributed by atoms with E-state index < -0.39 is 24.3 Å². The number of allylic oxidation sites excluding steroid dienone is 1. The highest BCUT2D eigenvalue weighted by Crippen LogP contribution is 2.37. The van der Waals surface area contributed by atoms with Crippen LogP contribution in [0, 0.1) is 5.82 Å². The number of rotatable bonds is 15. The van der Waals surface area contributed by atoms with Gasteiger partial charge in [0.05, 0.1) is 43.2 Å². The monoisotopic (exact) mass is 670 g/mol. The minimum Gasteiger partial charge on any atom is -0.490 e. The summed E-state index contributed by atoms with van der Waals surface area (Å²) >= 11 is 6.47. The van der Waals surface area contributed by atoms with E-state index in [9.17, 15) is 19.1 Å². The number of nitrogens with one attached hydrogen (secondary N) is 3. The normalized spacial score (nSPS) is 15.0. The number of aliphatic hydroxyl groups is 1. The average Bonchev–Trinajstić information content (AvgIpc) is 3.04. The lowest BCUT2D eigenvalue weighted by Gasteiger charge is -2.28. The van der Waals surface area contributed by atoms with Gasteiger partial charge in [-0.15, -0.1) is 0 Å². The molecule has 3 aromatic carbocycles. The predicted molar refractivity (Wildman–Crippen MR) is 172 cm³/mol. The van der Waals surface area contributed by atoms with Crippen molar-refractivity contribution < 1.29 is 42.8 Å². The molecule has 4 N–H and O–H groups in total. The first-order chi connectivity index (χ1) is 22.6. The van der Waals surface area contributed by atoms with Crippen molar-refractivity contribution in [3.8, 4) is 23.0 Å². The molecule has 2 amide bonds. The molecule has 250 valence electrons. The van der Waals surface area contributed by atoms with Gasteiger partial charge in [-0.05, 0) is 62.2 Å². The van der Waals surface area contributed by atoms with Crippen molar-refractivity contribution in [3.05, 3.63) is 93.4 Å². The summed E-state index contributed by atoms with van der Waals surface area (Å²) in [6, 6.07) is 13.2. The number of ether oxygens (including phenoxy) is 5. The van der Waals surface area contributed by atoms with Gasteiger partial charge in [-0.1, -0.05) is 35.9 Å². The van der Waals surface area contributed by atoms with Crippen LogP contribution >= 0.6 is 11.6 Å². The van der Waals surface area contributed by atoms with E-state index in [-0.39, 0.29) is 35.4 Å². The van der Waals surface area contributed by atoms with E-state index in [0.29, 0.717) is 52.8 Å². The van der Waals surface area contributed by atoms with Crippen LogP contribution in [0.2, 0.25) is 5.02 Å². The number of benzene rings is 3. The molecule has 1 heterocycles. The molecule has 47 heavy (non-hydrogen) atoms. The fourth-order valence-electron chi connectivity index (χ4n) is 4.65. The van der Waals surface area contributed by atoms with Gasteiger partial charge in [0.15, 0.2) is 29.2 Å². The van der Waals surface area contributed by atoms with E-state index in [1.807, 2.05) is 0 Å². The van der Waals surface area contributed by atoms with E-state index in [0.717, 1.165) is 0 Å². The first-order valence-electron chi connectivity index (χ1n) is 14.7. The van der Waals surface area contributed by atoms with E-state index in [2.05, 4.69) is 21.2 Å². The number of hydrogen-bond acceptors (Lipinski definition) is 10. The summed E-state index contributed by atoms with van der Waals surface area (Å²) in [6.45, 7) is 5.61. The van der Waals surface area contributed by atoms with Crippen LogP contribution in [-0.4, -0.2) is 56.5 Å². The molecule has 3 aromatic rings. The third-order valence-corrected chi connectivity index (χ3v) is 7.05. The maximum absolute atomic E-state index is 14.0. The van der Waals surface area contributed by atoms with Crippen molar-refractivity contribution in [1.82, 2.24) is 16.1 Å². The standard InChI is InChI=1S/C33H36ClFN4O8/c1-5-44-26-15-21(30-29(32(41)43-4)19(3)37-33(42)38-30)11-12-25(26)46-18-28(40)39-36-16-20-13-23(34)31(27(14-20)45-6-2)47-17-22-9-7-8-10-24(22)35/h7-16,28,30,39-40H,5-6,17-18H2,1-4H3,(H2,37,38,42)/b36-16-/t28-,30-/m0/s1. The zero-order chi connectivity index (χ0) is 33.9. The highest BCUT2D eigenvalue weighted by atomic mass is 35.5. The number of carbonyl (C=O) groups excluding carboxylic acids is 2. The molecule has 0 saturated carbocycles. The molecule has 0 aromatic heterocycles. The topological polar surface area (TPSA) is 149 Å². The number of urea groups is 1. The van der Waals surface area contributed by atoms with Crippen LogP contribution in [0.15, 0.2) is 71.0 Å². The maximum atomic E-state index is 14.0. The van der Waals surface area contributed by atoms with Crippen molar-refractivity contribution in [1.29, 1.82) is 0 Å². The van der Waals surface area contributed by atoms with Crippen molar-refractivity contribution in [2.24, 2.45) is 5.10 Å². The summed E-state index contributed by atoms with van der Waals surface area (Å²) in [4.78, 5) is 24.6. The average molecular weight is 671 g/mol.